The summed E-state index contributed by atoms with van der Waals surface area (Å²) in [5, 5.41) is 3.35. The molecule has 126 valence electrons. The van der Waals surface area contributed by atoms with Crippen molar-refractivity contribution >= 4 is 23.5 Å². The van der Waals surface area contributed by atoms with E-state index in [0.29, 0.717) is 10.6 Å². The quantitative estimate of drug-likeness (QED) is 0.833. The van der Waals surface area contributed by atoms with Crippen molar-refractivity contribution < 1.29 is 14.3 Å². The summed E-state index contributed by atoms with van der Waals surface area (Å²) >= 11 is 6.11. The van der Waals surface area contributed by atoms with E-state index in [1.54, 1.807) is 12.1 Å². The number of esters is 1. The fourth-order valence-electron chi connectivity index (χ4n) is 2.35. The molecule has 0 saturated carbocycles. The molecule has 1 N–H and O–H groups in total. The van der Waals surface area contributed by atoms with Crippen LogP contribution in [0.15, 0.2) is 42.5 Å². The van der Waals surface area contributed by atoms with Crippen LogP contribution in [0.2, 0.25) is 5.02 Å². The molecule has 2 rings (SSSR count). The lowest BCUT2D eigenvalue weighted by atomic mass is 10.1. The van der Waals surface area contributed by atoms with E-state index in [-0.39, 0.29) is 18.6 Å². The van der Waals surface area contributed by atoms with Crippen molar-refractivity contribution in [3.63, 3.8) is 0 Å². The molecule has 0 aromatic heterocycles. The lowest BCUT2D eigenvalue weighted by molar-refractivity contribution is -0.124. The Kier molecular flexibility index (Phi) is 5.99. The summed E-state index contributed by atoms with van der Waals surface area (Å²) in [6, 6.07) is 12.5. The van der Waals surface area contributed by atoms with Crippen LogP contribution in [-0.4, -0.2) is 18.5 Å². The minimum Gasteiger partial charge on any atom is -0.452 e. The molecule has 24 heavy (non-hydrogen) atoms. The Balaban J connectivity index is 1.92. The average Bonchev–Trinajstić information content (AvgIpc) is 2.55. The van der Waals surface area contributed by atoms with Crippen LogP contribution >= 0.6 is 11.6 Å². The van der Waals surface area contributed by atoms with Crippen molar-refractivity contribution in [1.82, 2.24) is 5.32 Å². The van der Waals surface area contributed by atoms with Crippen molar-refractivity contribution in [2.24, 2.45) is 0 Å². The molecule has 0 bridgehead atoms. The maximum atomic E-state index is 12.1. The molecular weight excluding hydrogens is 326 g/mol. The van der Waals surface area contributed by atoms with Crippen LogP contribution in [0.25, 0.3) is 0 Å². The fourth-order valence-corrected chi connectivity index (χ4v) is 2.65. The van der Waals surface area contributed by atoms with Crippen molar-refractivity contribution in [1.29, 1.82) is 0 Å². The molecule has 2 aromatic rings. The minimum atomic E-state index is -0.503. The molecule has 0 unspecified atom stereocenters. The number of halogens is 1. The van der Waals surface area contributed by atoms with Crippen LogP contribution in [-0.2, 0) is 9.53 Å². The second-order valence-corrected chi connectivity index (χ2v) is 6.11. The van der Waals surface area contributed by atoms with Gasteiger partial charge in [0.15, 0.2) is 6.61 Å². The molecule has 0 radical (unpaired) electrons. The predicted octanol–water partition coefficient (Wildman–Crippen LogP) is 3.99. The SMILES string of the molecule is Cc1ccc(C)c(C(=O)OCC(=O)N[C@@H](C)c2ccccc2Cl)c1. The van der Waals surface area contributed by atoms with Gasteiger partial charge in [0.1, 0.15) is 0 Å². The summed E-state index contributed by atoms with van der Waals surface area (Å²) < 4.78 is 5.11. The fraction of sp³-hybridized carbons (Fsp3) is 0.263. The van der Waals surface area contributed by atoms with Gasteiger partial charge in [-0.15, -0.1) is 0 Å². The van der Waals surface area contributed by atoms with Crippen molar-refractivity contribution in [2.75, 3.05) is 6.61 Å². The third-order valence-electron chi connectivity index (χ3n) is 3.70. The molecule has 0 aliphatic heterocycles. The van der Waals surface area contributed by atoms with Crippen LogP contribution in [0.1, 0.15) is 40.0 Å². The predicted molar refractivity (Wildman–Crippen MR) is 94.2 cm³/mol. The van der Waals surface area contributed by atoms with E-state index in [2.05, 4.69) is 5.32 Å². The van der Waals surface area contributed by atoms with Crippen molar-refractivity contribution in [2.45, 2.75) is 26.8 Å². The van der Waals surface area contributed by atoms with Crippen LogP contribution < -0.4 is 5.32 Å². The van der Waals surface area contributed by atoms with E-state index in [9.17, 15) is 9.59 Å². The van der Waals surface area contributed by atoms with E-state index in [0.717, 1.165) is 16.7 Å². The molecule has 0 saturated heterocycles. The molecule has 0 aliphatic rings. The van der Waals surface area contributed by atoms with Gasteiger partial charge in [0.05, 0.1) is 11.6 Å². The van der Waals surface area contributed by atoms with Gasteiger partial charge in [0, 0.05) is 5.02 Å². The third-order valence-corrected chi connectivity index (χ3v) is 4.04. The first-order valence-electron chi connectivity index (χ1n) is 7.66. The van der Waals surface area contributed by atoms with Gasteiger partial charge in [-0.1, -0.05) is 47.5 Å². The first-order valence-corrected chi connectivity index (χ1v) is 8.04. The first kappa shape index (κ1) is 18.0. The Bertz CT molecular complexity index is 758. The third kappa shape index (κ3) is 4.59. The number of aryl methyl sites for hydroxylation is 2. The largest absolute Gasteiger partial charge is 0.452 e. The van der Waals surface area contributed by atoms with E-state index in [1.807, 2.05) is 51.1 Å². The zero-order chi connectivity index (χ0) is 17.7. The first-order chi connectivity index (χ1) is 11.4. The van der Waals surface area contributed by atoms with Gasteiger partial charge < -0.3 is 10.1 Å². The Labute approximate surface area is 146 Å². The lowest BCUT2D eigenvalue weighted by Crippen LogP contribution is -2.31. The van der Waals surface area contributed by atoms with E-state index < -0.39 is 5.97 Å². The highest BCUT2D eigenvalue weighted by atomic mass is 35.5. The maximum absolute atomic E-state index is 12.1. The minimum absolute atomic E-state index is 0.273. The normalized spacial score (nSPS) is 11.7. The highest BCUT2D eigenvalue weighted by Crippen LogP contribution is 2.22. The Morgan fingerprint density at radius 3 is 2.58 bits per heavy atom. The van der Waals surface area contributed by atoms with Gasteiger partial charge in [-0.05, 0) is 44.0 Å². The maximum Gasteiger partial charge on any atom is 0.338 e. The summed E-state index contributed by atoms with van der Waals surface area (Å²) in [7, 11) is 0. The smallest absolute Gasteiger partial charge is 0.338 e. The molecule has 0 heterocycles. The number of amides is 1. The average molecular weight is 346 g/mol. The Morgan fingerprint density at radius 2 is 1.88 bits per heavy atom. The van der Waals surface area contributed by atoms with Crippen LogP contribution in [0.4, 0.5) is 0 Å². The highest BCUT2D eigenvalue weighted by molar-refractivity contribution is 6.31. The summed E-state index contributed by atoms with van der Waals surface area (Å²) in [5.41, 5.74) is 3.06. The molecule has 0 aliphatic carbocycles. The van der Waals surface area contributed by atoms with E-state index in [1.165, 1.54) is 0 Å². The van der Waals surface area contributed by atoms with Crippen molar-refractivity contribution in [3.05, 3.63) is 69.7 Å². The highest BCUT2D eigenvalue weighted by Gasteiger charge is 2.15. The number of carbonyl (C=O) groups is 2. The number of nitrogens with one attached hydrogen (secondary N) is 1. The molecule has 5 heteroatoms. The van der Waals surface area contributed by atoms with Gasteiger partial charge in [0.2, 0.25) is 0 Å². The zero-order valence-corrected chi connectivity index (χ0v) is 14.7. The number of benzene rings is 2. The topological polar surface area (TPSA) is 55.4 Å². The number of ether oxygens (including phenoxy) is 1. The van der Waals surface area contributed by atoms with Gasteiger partial charge in [0.25, 0.3) is 5.91 Å². The van der Waals surface area contributed by atoms with E-state index >= 15 is 0 Å². The molecule has 2 aromatic carbocycles. The summed E-state index contributed by atoms with van der Waals surface area (Å²) in [6.45, 7) is 5.22. The molecule has 1 atom stereocenters. The Hall–Kier alpha value is -2.33. The second kappa shape index (κ2) is 7.97. The van der Waals surface area contributed by atoms with Gasteiger partial charge in [-0.3, -0.25) is 4.79 Å². The Morgan fingerprint density at radius 1 is 1.17 bits per heavy atom. The van der Waals surface area contributed by atoms with Crippen molar-refractivity contribution in [3.8, 4) is 0 Å². The van der Waals surface area contributed by atoms with Crippen LogP contribution in [0, 0.1) is 13.8 Å². The second-order valence-electron chi connectivity index (χ2n) is 5.71. The summed E-state index contributed by atoms with van der Waals surface area (Å²) in [5.74, 6) is -0.877. The van der Waals surface area contributed by atoms with Crippen LogP contribution in [0.5, 0.6) is 0 Å². The van der Waals surface area contributed by atoms with Gasteiger partial charge in [-0.2, -0.15) is 0 Å². The number of hydrogen-bond donors (Lipinski definition) is 1. The van der Waals surface area contributed by atoms with Gasteiger partial charge in [-0.25, -0.2) is 4.79 Å². The summed E-state index contributed by atoms with van der Waals surface area (Å²) in [4.78, 5) is 24.1. The lowest BCUT2D eigenvalue weighted by Gasteiger charge is -2.16. The molecule has 4 nitrogen and oxygen atoms in total. The molecule has 0 spiro atoms. The van der Waals surface area contributed by atoms with Crippen LogP contribution in [0.3, 0.4) is 0 Å². The number of rotatable bonds is 5. The molecule has 1 amide bonds. The van der Waals surface area contributed by atoms with E-state index in [4.69, 9.17) is 16.3 Å². The molecule has 0 fully saturated rings. The number of hydrogen-bond acceptors (Lipinski definition) is 3. The monoisotopic (exact) mass is 345 g/mol. The zero-order valence-electron chi connectivity index (χ0n) is 13.9. The van der Waals surface area contributed by atoms with Gasteiger partial charge >= 0.3 is 5.97 Å². The standard InChI is InChI=1S/C19H20ClNO3/c1-12-8-9-13(2)16(10-12)19(23)24-11-18(22)21-14(3)15-6-4-5-7-17(15)20/h4-10,14H,11H2,1-3H3,(H,21,22)/t14-/m0/s1. The summed E-state index contributed by atoms with van der Waals surface area (Å²) in [6.07, 6.45) is 0. The number of carbonyl (C=O) groups excluding carboxylic acids is 2. The molecular formula is C19H20ClNO3.